The lowest BCUT2D eigenvalue weighted by molar-refractivity contribution is -0.127. The van der Waals surface area contributed by atoms with Gasteiger partial charge in [-0.1, -0.05) is 15.9 Å². The van der Waals surface area contributed by atoms with Crippen LogP contribution in [0.5, 0.6) is 0 Å². The third kappa shape index (κ3) is 5.24. The van der Waals surface area contributed by atoms with E-state index in [1.807, 2.05) is 30.3 Å². The first-order valence-electron chi connectivity index (χ1n) is 5.13. The second-order valence-electron chi connectivity index (χ2n) is 3.47. The standard InChI is InChI=1S/C12H13BrN2OS/c1-15(8-2-7-14)12(16)9-17-11-5-3-10(13)4-6-11/h3-6H,2,8-9H2,1H3. The van der Waals surface area contributed by atoms with Crippen molar-refractivity contribution in [3.63, 3.8) is 0 Å². The van der Waals surface area contributed by atoms with Gasteiger partial charge in [0.2, 0.25) is 5.91 Å². The number of hydrogen-bond donors (Lipinski definition) is 0. The molecule has 0 N–H and O–H groups in total. The third-order valence-electron chi connectivity index (χ3n) is 2.16. The first-order valence-corrected chi connectivity index (χ1v) is 6.90. The number of rotatable bonds is 5. The predicted molar refractivity (Wildman–Crippen MR) is 72.7 cm³/mol. The summed E-state index contributed by atoms with van der Waals surface area (Å²) in [7, 11) is 1.72. The van der Waals surface area contributed by atoms with Crippen LogP contribution in [0.1, 0.15) is 6.42 Å². The van der Waals surface area contributed by atoms with Gasteiger partial charge in [0.15, 0.2) is 0 Å². The average molecular weight is 313 g/mol. The molecule has 1 aromatic carbocycles. The van der Waals surface area contributed by atoms with Gasteiger partial charge in [-0.2, -0.15) is 5.26 Å². The summed E-state index contributed by atoms with van der Waals surface area (Å²) in [5.74, 6) is 0.456. The Morgan fingerprint density at radius 2 is 2.12 bits per heavy atom. The first-order chi connectivity index (χ1) is 8.13. The Bertz CT molecular complexity index is 414. The number of carbonyl (C=O) groups excluding carboxylic acids is 1. The van der Waals surface area contributed by atoms with Gasteiger partial charge in [0.25, 0.3) is 0 Å². The lowest BCUT2D eigenvalue weighted by atomic mass is 10.4. The van der Waals surface area contributed by atoms with Gasteiger partial charge in [-0.3, -0.25) is 4.79 Å². The summed E-state index contributed by atoms with van der Waals surface area (Å²) in [5.41, 5.74) is 0. The molecule has 0 heterocycles. The van der Waals surface area contributed by atoms with E-state index >= 15 is 0 Å². The van der Waals surface area contributed by atoms with E-state index in [0.29, 0.717) is 18.7 Å². The van der Waals surface area contributed by atoms with Crippen LogP contribution in [0.15, 0.2) is 33.6 Å². The zero-order chi connectivity index (χ0) is 12.7. The van der Waals surface area contributed by atoms with Crippen molar-refractivity contribution in [2.24, 2.45) is 0 Å². The fourth-order valence-corrected chi connectivity index (χ4v) is 2.23. The minimum absolute atomic E-state index is 0.0492. The molecule has 0 atom stereocenters. The van der Waals surface area contributed by atoms with Crippen molar-refractivity contribution in [2.45, 2.75) is 11.3 Å². The molecule has 0 unspecified atom stereocenters. The fourth-order valence-electron chi connectivity index (χ4n) is 1.13. The lowest BCUT2D eigenvalue weighted by Crippen LogP contribution is -2.29. The molecule has 0 aliphatic carbocycles. The van der Waals surface area contributed by atoms with E-state index in [1.54, 1.807) is 11.9 Å². The Kier molecular flexibility index (Phi) is 6.09. The van der Waals surface area contributed by atoms with Gasteiger partial charge in [0, 0.05) is 23.0 Å². The number of nitrogens with zero attached hydrogens (tertiary/aromatic N) is 2. The molecule has 5 heteroatoms. The molecule has 0 saturated carbocycles. The highest BCUT2D eigenvalue weighted by atomic mass is 79.9. The Morgan fingerprint density at radius 1 is 1.47 bits per heavy atom. The van der Waals surface area contributed by atoms with Crippen LogP contribution >= 0.6 is 27.7 Å². The Balaban J connectivity index is 2.37. The third-order valence-corrected chi connectivity index (χ3v) is 3.69. The summed E-state index contributed by atoms with van der Waals surface area (Å²) in [6, 6.07) is 9.87. The Hall–Kier alpha value is -0.990. The summed E-state index contributed by atoms with van der Waals surface area (Å²) in [6.07, 6.45) is 0.380. The van der Waals surface area contributed by atoms with Crippen LogP contribution in [-0.2, 0) is 4.79 Å². The minimum Gasteiger partial charge on any atom is -0.344 e. The second kappa shape index (κ2) is 7.36. The van der Waals surface area contributed by atoms with E-state index < -0.39 is 0 Å². The molecular weight excluding hydrogens is 300 g/mol. The number of halogens is 1. The average Bonchev–Trinajstić information content (AvgIpc) is 2.34. The molecule has 0 aromatic heterocycles. The van der Waals surface area contributed by atoms with Crippen LogP contribution in [-0.4, -0.2) is 30.2 Å². The van der Waals surface area contributed by atoms with Crippen LogP contribution in [0.2, 0.25) is 0 Å². The number of benzene rings is 1. The molecule has 3 nitrogen and oxygen atoms in total. The number of nitriles is 1. The zero-order valence-corrected chi connectivity index (χ0v) is 11.9. The molecule has 0 bridgehead atoms. The maximum Gasteiger partial charge on any atom is 0.232 e. The van der Waals surface area contributed by atoms with Gasteiger partial charge < -0.3 is 4.90 Å². The zero-order valence-electron chi connectivity index (χ0n) is 9.52. The van der Waals surface area contributed by atoms with E-state index in [-0.39, 0.29) is 5.91 Å². The van der Waals surface area contributed by atoms with Crippen LogP contribution in [0, 0.1) is 11.3 Å². The molecule has 0 radical (unpaired) electrons. The normalized spacial score (nSPS) is 9.71. The lowest BCUT2D eigenvalue weighted by Gasteiger charge is -2.14. The molecule has 1 rings (SSSR count). The quantitative estimate of drug-likeness (QED) is 0.785. The van der Waals surface area contributed by atoms with Crippen LogP contribution in [0.3, 0.4) is 0 Å². The fraction of sp³-hybridized carbons (Fsp3) is 0.333. The molecule has 1 amide bonds. The second-order valence-corrected chi connectivity index (χ2v) is 5.43. The van der Waals surface area contributed by atoms with Crippen molar-refractivity contribution in [1.82, 2.24) is 4.90 Å². The first kappa shape index (κ1) is 14.1. The summed E-state index contributed by atoms with van der Waals surface area (Å²) < 4.78 is 1.03. The number of carbonyl (C=O) groups is 1. The smallest absolute Gasteiger partial charge is 0.232 e. The summed E-state index contributed by atoms with van der Waals surface area (Å²) in [6.45, 7) is 0.496. The van der Waals surface area contributed by atoms with Gasteiger partial charge in [0.05, 0.1) is 18.2 Å². The molecule has 17 heavy (non-hydrogen) atoms. The van der Waals surface area contributed by atoms with Crippen molar-refractivity contribution in [3.05, 3.63) is 28.7 Å². The monoisotopic (exact) mass is 312 g/mol. The predicted octanol–water partition coefficient (Wildman–Crippen LogP) is 2.91. The van der Waals surface area contributed by atoms with E-state index in [0.717, 1.165) is 9.37 Å². The SMILES string of the molecule is CN(CCC#N)C(=O)CSc1ccc(Br)cc1. The van der Waals surface area contributed by atoms with Gasteiger partial charge in [0.1, 0.15) is 0 Å². The Morgan fingerprint density at radius 3 is 2.71 bits per heavy atom. The van der Waals surface area contributed by atoms with E-state index in [9.17, 15) is 4.79 Å². The molecule has 0 fully saturated rings. The number of thioether (sulfide) groups is 1. The van der Waals surface area contributed by atoms with Crippen molar-refractivity contribution in [1.29, 1.82) is 5.26 Å². The van der Waals surface area contributed by atoms with Gasteiger partial charge >= 0.3 is 0 Å². The molecule has 90 valence electrons. The van der Waals surface area contributed by atoms with Crippen molar-refractivity contribution in [3.8, 4) is 6.07 Å². The van der Waals surface area contributed by atoms with Gasteiger partial charge in [-0.15, -0.1) is 11.8 Å². The van der Waals surface area contributed by atoms with E-state index in [2.05, 4.69) is 15.9 Å². The van der Waals surface area contributed by atoms with E-state index in [4.69, 9.17) is 5.26 Å². The largest absolute Gasteiger partial charge is 0.344 e. The summed E-state index contributed by atoms with van der Waals surface area (Å²) >= 11 is 4.87. The van der Waals surface area contributed by atoms with Crippen molar-refractivity contribution in [2.75, 3.05) is 19.3 Å². The van der Waals surface area contributed by atoms with E-state index in [1.165, 1.54) is 11.8 Å². The molecule has 0 spiro atoms. The van der Waals surface area contributed by atoms with Crippen LogP contribution in [0.25, 0.3) is 0 Å². The number of hydrogen-bond acceptors (Lipinski definition) is 3. The summed E-state index contributed by atoms with van der Waals surface area (Å²) in [5, 5.41) is 8.43. The van der Waals surface area contributed by atoms with Crippen molar-refractivity contribution < 1.29 is 4.79 Å². The molecule has 0 aliphatic rings. The minimum atomic E-state index is 0.0492. The molecule has 0 aliphatic heterocycles. The highest BCUT2D eigenvalue weighted by Gasteiger charge is 2.08. The highest BCUT2D eigenvalue weighted by Crippen LogP contribution is 2.20. The Labute approximate surface area is 114 Å². The highest BCUT2D eigenvalue weighted by molar-refractivity contribution is 9.10. The van der Waals surface area contributed by atoms with Crippen LogP contribution in [0.4, 0.5) is 0 Å². The van der Waals surface area contributed by atoms with Gasteiger partial charge in [-0.25, -0.2) is 0 Å². The summed E-state index contributed by atoms with van der Waals surface area (Å²) in [4.78, 5) is 14.3. The topological polar surface area (TPSA) is 44.1 Å². The molecular formula is C12H13BrN2OS. The van der Waals surface area contributed by atoms with Crippen molar-refractivity contribution >= 4 is 33.6 Å². The maximum absolute atomic E-state index is 11.7. The molecule has 0 saturated heterocycles. The molecule has 1 aromatic rings. The maximum atomic E-state index is 11.7. The van der Waals surface area contributed by atoms with Crippen LogP contribution < -0.4 is 0 Å². The number of amides is 1. The van der Waals surface area contributed by atoms with Gasteiger partial charge in [-0.05, 0) is 24.3 Å².